The number of para-hydroxylation sites is 1. The number of halogens is 1. The van der Waals surface area contributed by atoms with E-state index in [2.05, 4.69) is 21.2 Å². The van der Waals surface area contributed by atoms with Gasteiger partial charge < -0.3 is 10.2 Å². The average Bonchev–Trinajstić information content (AvgIpc) is 2.92. The van der Waals surface area contributed by atoms with Crippen molar-refractivity contribution in [2.75, 3.05) is 16.8 Å². The zero-order chi connectivity index (χ0) is 17.3. The van der Waals surface area contributed by atoms with E-state index in [9.17, 15) is 9.59 Å². The molecule has 4 nitrogen and oxygen atoms in total. The molecule has 0 bridgehead atoms. The predicted octanol–water partition coefficient (Wildman–Crippen LogP) is 4.06. The Balaban J connectivity index is 1.73. The molecule has 1 saturated heterocycles. The first kappa shape index (κ1) is 16.7. The Morgan fingerprint density at radius 2 is 1.92 bits per heavy atom. The van der Waals surface area contributed by atoms with Gasteiger partial charge in [0.25, 0.3) is 0 Å². The zero-order valence-electron chi connectivity index (χ0n) is 13.7. The van der Waals surface area contributed by atoms with E-state index in [-0.39, 0.29) is 24.2 Å². The summed E-state index contributed by atoms with van der Waals surface area (Å²) in [6.45, 7) is 4.34. The van der Waals surface area contributed by atoms with Crippen LogP contribution in [0.15, 0.2) is 46.9 Å². The number of amides is 2. The molecule has 0 aliphatic carbocycles. The Hall–Kier alpha value is -2.14. The van der Waals surface area contributed by atoms with E-state index in [0.29, 0.717) is 6.54 Å². The second-order valence-electron chi connectivity index (χ2n) is 6.14. The van der Waals surface area contributed by atoms with E-state index in [1.807, 2.05) is 56.3 Å². The first-order chi connectivity index (χ1) is 11.5. The average molecular weight is 387 g/mol. The Labute approximate surface area is 150 Å². The van der Waals surface area contributed by atoms with Crippen LogP contribution in [0.3, 0.4) is 0 Å². The number of benzene rings is 2. The van der Waals surface area contributed by atoms with Crippen LogP contribution in [0.1, 0.15) is 17.5 Å². The van der Waals surface area contributed by atoms with Gasteiger partial charge in [-0.25, -0.2) is 0 Å². The Bertz CT molecular complexity index is 804. The largest absolute Gasteiger partial charge is 0.326 e. The molecule has 2 aromatic carbocycles. The number of hydrogen-bond donors (Lipinski definition) is 1. The summed E-state index contributed by atoms with van der Waals surface area (Å²) >= 11 is 3.41. The highest BCUT2D eigenvalue weighted by Crippen LogP contribution is 2.29. The monoisotopic (exact) mass is 386 g/mol. The fourth-order valence-electron chi connectivity index (χ4n) is 2.98. The maximum atomic E-state index is 12.6. The van der Waals surface area contributed by atoms with Crippen molar-refractivity contribution in [2.45, 2.75) is 20.3 Å². The van der Waals surface area contributed by atoms with Gasteiger partial charge in [0, 0.05) is 28.8 Å². The van der Waals surface area contributed by atoms with Crippen LogP contribution in [0.4, 0.5) is 11.4 Å². The van der Waals surface area contributed by atoms with Crippen molar-refractivity contribution in [1.82, 2.24) is 0 Å². The normalized spacial score (nSPS) is 17.2. The SMILES string of the molecule is Cc1cc(Br)ccc1NC(=O)C1CC(=O)N(c2ccccc2C)C1. The molecule has 0 saturated carbocycles. The summed E-state index contributed by atoms with van der Waals surface area (Å²) in [5.74, 6) is -0.443. The van der Waals surface area contributed by atoms with Gasteiger partial charge in [-0.15, -0.1) is 0 Å². The molecule has 1 N–H and O–H groups in total. The summed E-state index contributed by atoms with van der Waals surface area (Å²) in [6.07, 6.45) is 0.246. The summed E-state index contributed by atoms with van der Waals surface area (Å²) in [6, 6.07) is 13.5. The second kappa shape index (κ2) is 6.77. The molecule has 0 radical (unpaired) electrons. The fraction of sp³-hybridized carbons (Fsp3) is 0.263. The van der Waals surface area contributed by atoms with Crippen LogP contribution >= 0.6 is 15.9 Å². The first-order valence-electron chi connectivity index (χ1n) is 7.88. The highest BCUT2D eigenvalue weighted by Gasteiger charge is 2.35. The summed E-state index contributed by atoms with van der Waals surface area (Å²) < 4.78 is 0.972. The van der Waals surface area contributed by atoms with Gasteiger partial charge in [0.2, 0.25) is 11.8 Å². The van der Waals surface area contributed by atoms with E-state index in [4.69, 9.17) is 0 Å². The van der Waals surface area contributed by atoms with Gasteiger partial charge in [-0.3, -0.25) is 9.59 Å². The van der Waals surface area contributed by atoms with Crippen LogP contribution in [-0.4, -0.2) is 18.4 Å². The Morgan fingerprint density at radius 1 is 1.17 bits per heavy atom. The minimum Gasteiger partial charge on any atom is -0.326 e. The third-order valence-corrected chi connectivity index (χ3v) is 4.84. The lowest BCUT2D eigenvalue weighted by molar-refractivity contribution is -0.122. The van der Waals surface area contributed by atoms with Crippen LogP contribution in [-0.2, 0) is 9.59 Å². The highest BCUT2D eigenvalue weighted by molar-refractivity contribution is 9.10. The molecule has 24 heavy (non-hydrogen) atoms. The van der Waals surface area contributed by atoms with Crippen molar-refractivity contribution in [3.8, 4) is 0 Å². The molecule has 1 unspecified atom stereocenters. The molecule has 5 heteroatoms. The Kier molecular flexibility index (Phi) is 4.71. The number of hydrogen-bond acceptors (Lipinski definition) is 2. The summed E-state index contributed by atoms with van der Waals surface area (Å²) in [5, 5.41) is 2.95. The fourth-order valence-corrected chi connectivity index (χ4v) is 3.46. The molecule has 0 aromatic heterocycles. The second-order valence-corrected chi connectivity index (χ2v) is 7.06. The van der Waals surface area contributed by atoms with Crippen LogP contribution < -0.4 is 10.2 Å². The van der Waals surface area contributed by atoms with E-state index in [0.717, 1.165) is 27.0 Å². The third kappa shape index (κ3) is 3.36. The number of anilines is 2. The zero-order valence-corrected chi connectivity index (χ0v) is 15.3. The molecule has 1 aliphatic heterocycles. The molecule has 1 fully saturated rings. The van der Waals surface area contributed by atoms with Crippen molar-refractivity contribution in [3.63, 3.8) is 0 Å². The number of carbonyl (C=O) groups excluding carboxylic acids is 2. The lowest BCUT2D eigenvalue weighted by atomic mass is 10.1. The molecule has 2 amide bonds. The molecular formula is C19H19BrN2O2. The van der Waals surface area contributed by atoms with Crippen LogP contribution in [0.2, 0.25) is 0 Å². The van der Waals surface area contributed by atoms with Crippen molar-refractivity contribution in [2.24, 2.45) is 5.92 Å². The number of rotatable bonds is 3. The summed E-state index contributed by atoms with van der Waals surface area (Å²) in [5.41, 5.74) is 3.69. The van der Waals surface area contributed by atoms with Gasteiger partial charge in [0.05, 0.1) is 5.92 Å². The molecular weight excluding hydrogens is 368 g/mol. The molecule has 0 spiro atoms. The van der Waals surface area contributed by atoms with Crippen molar-refractivity contribution in [3.05, 3.63) is 58.1 Å². The van der Waals surface area contributed by atoms with Gasteiger partial charge in [0.1, 0.15) is 0 Å². The standard InChI is InChI=1S/C19H19BrN2O2/c1-12-5-3-4-6-17(12)22-11-14(10-18(22)23)19(24)21-16-8-7-15(20)9-13(16)2/h3-9,14H,10-11H2,1-2H3,(H,21,24). The van der Waals surface area contributed by atoms with Crippen molar-refractivity contribution in [1.29, 1.82) is 0 Å². The Morgan fingerprint density at radius 3 is 2.62 bits per heavy atom. The van der Waals surface area contributed by atoms with Gasteiger partial charge >= 0.3 is 0 Å². The summed E-state index contributed by atoms with van der Waals surface area (Å²) in [7, 11) is 0. The molecule has 1 heterocycles. The van der Waals surface area contributed by atoms with Crippen LogP contribution in [0, 0.1) is 19.8 Å². The molecule has 124 valence electrons. The quantitative estimate of drug-likeness (QED) is 0.864. The smallest absolute Gasteiger partial charge is 0.229 e. The molecule has 1 atom stereocenters. The maximum Gasteiger partial charge on any atom is 0.229 e. The minimum atomic E-state index is -0.333. The molecule has 1 aliphatic rings. The van der Waals surface area contributed by atoms with Gasteiger partial charge in [-0.1, -0.05) is 34.1 Å². The van der Waals surface area contributed by atoms with E-state index >= 15 is 0 Å². The maximum absolute atomic E-state index is 12.6. The van der Waals surface area contributed by atoms with Crippen molar-refractivity contribution < 1.29 is 9.59 Å². The van der Waals surface area contributed by atoms with E-state index in [1.54, 1.807) is 4.90 Å². The van der Waals surface area contributed by atoms with E-state index < -0.39 is 0 Å². The summed E-state index contributed by atoms with van der Waals surface area (Å²) in [4.78, 5) is 26.6. The van der Waals surface area contributed by atoms with Gasteiger partial charge in [-0.2, -0.15) is 0 Å². The highest BCUT2D eigenvalue weighted by atomic mass is 79.9. The van der Waals surface area contributed by atoms with E-state index in [1.165, 1.54) is 0 Å². The molecule has 3 rings (SSSR count). The van der Waals surface area contributed by atoms with Crippen LogP contribution in [0.25, 0.3) is 0 Å². The lowest BCUT2D eigenvalue weighted by Crippen LogP contribution is -2.28. The first-order valence-corrected chi connectivity index (χ1v) is 8.68. The van der Waals surface area contributed by atoms with Crippen molar-refractivity contribution >= 4 is 39.1 Å². The number of nitrogens with one attached hydrogen (secondary N) is 1. The third-order valence-electron chi connectivity index (χ3n) is 4.35. The number of carbonyl (C=O) groups is 2. The predicted molar refractivity (Wildman–Crippen MR) is 99.1 cm³/mol. The molecule has 2 aromatic rings. The minimum absolute atomic E-state index is 0.00280. The topological polar surface area (TPSA) is 49.4 Å². The lowest BCUT2D eigenvalue weighted by Gasteiger charge is -2.19. The van der Waals surface area contributed by atoms with Gasteiger partial charge in [-0.05, 0) is 49.2 Å². The number of aryl methyl sites for hydroxylation is 2. The van der Waals surface area contributed by atoms with Gasteiger partial charge in [0.15, 0.2) is 0 Å². The van der Waals surface area contributed by atoms with Crippen LogP contribution in [0.5, 0.6) is 0 Å². The number of nitrogens with zero attached hydrogens (tertiary/aromatic N) is 1.